The number of nitrogens with two attached hydrogens (primary N) is 1. The highest BCUT2D eigenvalue weighted by Crippen LogP contribution is 2.09. The molecule has 0 radical (unpaired) electrons. The van der Waals surface area contributed by atoms with Gasteiger partial charge >= 0.3 is 5.97 Å². The number of aromatic amines is 1. The number of esters is 1. The van der Waals surface area contributed by atoms with Crippen molar-refractivity contribution >= 4 is 11.9 Å². The molecule has 0 bridgehead atoms. The minimum atomic E-state index is -0.503. The number of nitrogens with one attached hydrogen (secondary N) is 1. The largest absolute Gasteiger partial charge is 0.457 e. The van der Waals surface area contributed by atoms with Gasteiger partial charge in [-0.05, 0) is 19.8 Å². The van der Waals surface area contributed by atoms with Crippen molar-refractivity contribution < 1.29 is 9.53 Å². The van der Waals surface area contributed by atoms with Crippen LogP contribution in [0.3, 0.4) is 0 Å². The van der Waals surface area contributed by atoms with Crippen LogP contribution in [0.1, 0.15) is 56.6 Å². The molecule has 3 N–H and O–H groups in total. The Hall–Kier alpha value is -1.59. The second-order valence-electron chi connectivity index (χ2n) is 4.11. The van der Waals surface area contributed by atoms with Crippen molar-refractivity contribution in [2.24, 2.45) is 0 Å². The molecule has 1 unspecified atom stereocenters. The third-order valence-corrected chi connectivity index (χ3v) is 2.47. The highest BCUT2D eigenvalue weighted by atomic mass is 16.5. The SMILES string of the molecule is CCCCCCC(C)OC(=O)c1nc(N)n[nH]1. The lowest BCUT2D eigenvalue weighted by Crippen LogP contribution is -2.16. The van der Waals surface area contributed by atoms with Crippen LogP contribution in [0.4, 0.5) is 5.95 Å². The Kier molecular flexibility index (Phi) is 5.45. The molecule has 0 saturated carbocycles. The van der Waals surface area contributed by atoms with Crippen molar-refractivity contribution in [1.29, 1.82) is 0 Å². The fourth-order valence-electron chi connectivity index (χ4n) is 1.52. The first-order valence-electron chi connectivity index (χ1n) is 6.02. The highest BCUT2D eigenvalue weighted by molar-refractivity contribution is 5.85. The molecule has 0 amide bonds. The number of rotatable bonds is 7. The second-order valence-corrected chi connectivity index (χ2v) is 4.11. The minimum Gasteiger partial charge on any atom is -0.457 e. The van der Waals surface area contributed by atoms with E-state index in [1.165, 1.54) is 19.3 Å². The van der Waals surface area contributed by atoms with Crippen LogP contribution in [-0.2, 0) is 4.74 Å². The maximum absolute atomic E-state index is 11.5. The zero-order valence-corrected chi connectivity index (χ0v) is 10.4. The Morgan fingerprint density at radius 1 is 1.47 bits per heavy atom. The van der Waals surface area contributed by atoms with Gasteiger partial charge in [0.2, 0.25) is 11.8 Å². The first-order valence-corrected chi connectivity index (χ1v) is 6.02. The van der Waals surface area contributed by atoms with Gasteiger partial charge in [0.05, 0.1) is 6.10 Å². The van der Waals surface area contributed by atoms with E-state index in [-0.39, 0.29) is 17.9 Å². The molecule has 1 atom stereocenters. The van der Waals surface area contributed by atoms with E-state index in [0.717, 1.165) is 12.8 Å². The van der Waals surface area contributed by atoms with Gasteiger partial charge in [0.1, 0.15) is 0 Å². The summed E-state index contributed by atoms with van der Waals surface area (Å²) < 4.78 is 5.20. The quantitative estimate of drug-likeness (QED) is 0.560. The number of anilines is 1. The third kappa shape index (κ3) is 4.84. The number of carbonyl (C=O) groups is 1. The van der Waals surface area contributed by atoms with Gasteiger partial charge in [0.25, 0.3) is 0 Å². The number of H-pyrrole nitrogens is 1. The number of hydrogen-bond acceptors (Lipinski definition) is 5. The molecule has 1 heterocycles. The Morgan fingerprint density at radius 2 is 2.24 bits per heavy atom. The molecule has 0 aliphatic heterocycles. The number of nitrogen functional groups attached to an aromatic ring is 1. The first-order chi connectivity index (χ1) is 8.13. The smallest absolute Gasteiger partial charge is 0.376 e. The van der Waals surface area contributed by atoms with E-state index >= 15 is 0 Å². The van der Waals surface area contributed by atoms with Gasteiger partial charge in [-0.1, -0.05) is 26.2 Å². The van der Waals surface area contributed by atoms with Crippen LogP contribution in [0.2, 0.25) is 0 Å². The Bertz CT molecular complexity index is 351. The van der Waals surface area contributed by atoms with Gasteiger partial charge in [-0.15, -0.1) is 5.10 Å². The number of ether oxygens (including phenoxy) is 1. The molecule has 6 heteroatoms. The zero-order chi connectivity index (χ0) is 12.7. The maximum atomic E-state index is 11.5. The number of unbranched alkanes of at least 4 members (excludes halogenated alkanes) is 3. The summed E-state index contributed by atoms with van der Waals surface area (Å²) in [5.74, 6) is -0.396. The van der Waals surface area contributed by atoms with E-state index in [9.17, 15) is 4.79 Å². The topological polar surface area (TPSA) is 93.9 Å². The van der Waals surface area contributed by atoms with Gasteiger partial charge in [-0.3, -0.25) is 5.10 Å². The van der Waals surface area contributed by atoms with Crippen LogP contribution < -0.4 is 5.73 Å². The standard InChI is InChI=1S/C11H20N4O2/c1-3-4-5-6-7-8(2)17-10(16)9-13-11(12)15-14-9/h8H,3-7H2,1-2H3,(H3,12,13,14,15). The van der Waals surface area contributed by atoms with Crippen molar-refractivity contribution in [3.8, 4) is 0 Å². The normalized spacial score (nSPS) is 12.4. The fourth-order valence-corrected chi connectivity index (χ4v) is 1.52. The molecule has 6 nitrogen and oxygen atoms in total. The molecule has 17 heavy (non-hydrogen) atoms. The van der Waals surface area contributed by atoms with E-state index in [1.807, 2.05) is 6.92 Å². The lowest BCUT2D eigenvalue weighted by atomic mass is 10.1. The van der Waals surface area contributed by atoms with Crippen LogP contribution in [0.5, 0.6) is 0 Å². The van der Waals surface area contributed by atoms with Gasteiger partial charge in [-0.2, -0.15) is 4.98 Å². The summed E-state index contributed by atoms with van der Waals surface area (Å²) in [6.07, 6.45) is 5.43. The molecule has 0 spiro atoms. The average Bonchev–Trinajstić information content (AvgIpc) is 2.71. The summed E-state index contributed by atoms with van der Waals surface area (Å²) >= 11 is 0. The van der Waals surface area contributed by atoms with Crippen molar-refractivity contribution in [3.63, 3.8) is 0 Å². The molecule has 0 aliphatic carbocycles. The summed E-state index contributed by atoms with van der Waals surface area (Å²) in [6.45, 7) is 4.04. The summed E-state index contributed by atoms with van der Waals surface area (Å²) in [5, 5.41) is 6.00. The van der Waals surface area contributed by atoms with E-state index < -0.39 is 5.97 Å². The molecule has 0 aromatic carbocycles. The van der Waals surface area contributed by atoms with Crippen molar-refractivity contribution in [3.05, 3.63) is 5.82 Å². The molecule has 0 fully saturated rings. The summed E-state index contributed by atoms with van der Waals surface area (Å²) in [5.41, 5.74) is 5.30. The Labute approximate surface area is 101 Å². The molecule has 1 rings (SSSR count). The molecule has 1 aromatic heterocycles. The Balaban J connectivity index is 2.26. The second kappa shape index (κ2) is 6.88. The van der Waals surface area contributed by atoms with Crippen LogP contribution in [-0.4, -0.2) is 27.3 Å². The monoisotopic (exact) mass is 240 g/mol. The van der Waals surface area contributed by atoms with E-state index in [1.54, 1.807) is 0 Å². The minimum absolute atomic E-state index is 0.0487. The van der Waals surface area contributed by atoms with Crippen LogP contribution in [0, 0.1) is 0 Å². The first kappa shape index (κ1) is 13.5. The predicted octanol–water partition coefficient (Wildman–Crippen LogP) is 1.90. The average molecular weight is 240 g/mol. The zero-order valence-electron chi connectivity index (χ0n) is 10.4. The highest BCUT2D eigenvalue weighted by Gasteiger charge is 2.15. The van der Waals surface area contributed by atoms with Crippen molar-refractivity contribution in [2.75, 3.05) is 5.73 Å². The third-order valence-electron chi connectivity index (χ3n) is 2.47. The number of hydrogen-bond donors (Lipinski definition) is 2. The molecular weight excluding hydrogens is 220 g/mol. The maximum Gasteiger partial charge on any atom is 0.376 e. The molecule has 0 saturated heterocycles. The Morgan fingerprint density at radius 3 is 2.82 bits per heavy atom. The summed E-state index contributed by atoms with van der Waals surface area (Å²) in [6, 6.07) is 0. The fraction of sp³-hybridized carbons (Fsp3) is 0.727. The molecule has 0 aliphatic rings. The number of carbonyl (C=O) groups excluding carboxylic acids is 1. The lowest BCUT2D eigenvalue weighted by molar-refractivity contribution is 0.0305. The predicted molar refractivity (Wildman–Crippen MR) is 64.4 cm³/mol. The number of aromatic nitrogens is 3. The van der Waals surface area contributed by atoms with Crippen LogP contribution in [0.15, 0.2) is 0 Å². The molecular formula is C11H20N4O2. The van der Waals surface area contributed by atoms with Gasteiger partial charge < -0.3 is 10.5 Å². The van der Waals surface area contributed by atoms with E-state index in [4.69, 9.17) is 10.5 Å². The van der Waals surface area contributed by atoms with Gasteiger partial charge in [0.15, 0.2) is 0 Å². The molecule has 1 aromatic rings. The van der Waals surface area contributed by atoms with E-state index in [2.05, 4.69) is 22.1 Å². The lowest BCUT2D eigenvalue weighted by Gasteiger charge is -2.11. The van der Waals surface area contributed by atoms with Gasteiger partial charge in [-0.25, -0.2) is 4.79 Å². The molecule has 96 valence electrons. The summed E-state index contributed by atoms with van der Waals surface area (Å²) in [7, 11) is 0. The van der Waals surface area contributed by atoms with E-state index in [0.29, 0.717) is 0 Å². The number of nitrogens with zero attached hydrogens (tertiary/aromatic N) is 2. The van der Waals surface area contributed by atoms with Crippen LogP contribution in [0.25, 0.3) is 0 Å². The summed E-state index contributed by atoms with van der Waals surface area (Å²) in [4.78, 5) is 15.3. The van der Waals surface area contributed by atoms with Crippen molar-refractivity contribution in [2.45, 2.75) is 52.1 Å². The van der Waals surface area contributed by atoms with Gasteiger partial charge in [0, 0.05) is 0 Å². The van der Waals surface area contributed by atoms with Crippen molar-refractivity contribution in [1.82, 2.24) is 15.2 Å². The van der Waals surface area contributed by atoms with Crippen LogP contribution >= 0.6 is 0 Å².